The Morgan fingerprint density at radius 2 is 2.10 bits per heavy atom. The van der Waals surface area contributed by atoms with Gasteiger partial charge in [0.25, 0.3) is 0 Å². The SMILES string of the molecule is CCNC(=NCCN(C)C(C)C)N(C)CCc1cccs1. The zero-order valence-corrected chi connectivity index (χ0v) is 14.9. The summed E-state index contributed by atoms with van der Waals surface area (Å²) in [6, 6.07) is 4.88. The third-order valence-corrected chi connectivity index (χ3v) is 4.50. The van der Waals surface area contributed by atoms with Gasteiger partial charge in [0, 0.05) is 37.6 Å². The molecule has 0 fully saturated rings. The Labute approximate surface area is 133 Å². The van der Waals surface area contributed by atoms with Gasteiger partial charge in [0.2, 0.25) is 0 Å². The molecule has 0 amide bonds. The molecule has 0 aromatic carbocycles. The second-order valence-electron chi connectivity index (χ2n) is 5.56. The molecule has 0 saturated carbocycles. The lowest BCUT2D eigenvalue weighted by Gasteiger charge is -2.23. The minimum Gasteiger partial charge on any atom is -0.357 e. The summed E-state index contributed by atoms with van der Waals surface area (Å²) in [5.41, 5.74) is 0. The number of aliphatic imine (C=N–C) groups is 1. The number of rotatable bonds is 8. The fraction of sp³-hybridized carbons (Fsp3) is 0.688. The minimum atomic E-state index is 0.569. The zero-order valence-electron chi connectivity index (χ0n) is 14.1. The van der Waals surface area contributed by atoms with Crippen LogP contribution in [-0.2, 0) is 6.42 Å². The van der Waals surface area contributed by atoms with E-state index in [9.17, 15) is 0 Å². The van der Waals surface area contributed by atoms with Crippen LogP contribution in [0, 0.1) is 0 Å². The van der Waals surface area contributed by atoms with E-state index in [-0.39, 0.29) is 0 Å². The number of likely N-dealkylation sites (N-methyl/N-ethyl adjacent to an activating group) is 2. The largest absolute Gasteiger partial charge is 0.357 e. The normalized spacial score (nSPS) is 12.2. The molecule has 4 nitrogen and oxygen atoms in total. The van der Waals surface area contributed by atoms with E-state index in [1.807, 2.05) is 11.3 Å². The molecule has 0 unspecified atom stereocenters. The van der Waals surface area contributed by atoms with Crippen molar-refractivity contribution in [3.63, 3.8) is 0 Å². The summed E-state index contributed by atoms with van der Waals surface area (Å²) in [7, 11) is 4.26. The maximum atomic E-state index is 4.73. The molecular weight excluding hydrogens is 280 g/mol. The Kier molecular flexibility index (Phi) is 8.38. The number of guanidine groups is 1. The van der Waals surface area contributed by atoms with Crippen LogP contribution in [0.2, 0.25) is 0 Å². The van der Waals surface area contributed by atoms with E-state index in [2.05, 4.69) is 67.5 Å². The quantitative estimate of drug-likeness (QED) is 0.591. The van der Waals surface area contributed by atoms with Crippen molar-refractivity contribution in [1.29, 1.82) is 0 Å². The molecule has 1 heterocycles. The van der Waals surface area contributed by atoms with Crippen molar-refractivity contribution in [2.75, 3.05) is 40.3 Å². The average Bonchev–Trinajstić information content (AvgIpc) is 2.96. The first-order valence-electron chi connectivity index (χ1n) is 7.76. The Morgan fingerprint density at radius 1 is 1.33 bits per heavy atom. The van der Waals surface area contributed by atoms with Crippen LogP contribution in [0.1, 0.15) is 25.6 Å². The number of thiophene rings is 1. The van der Waals surface area contributed by atoms with Crippen LogP contribution in [0.5, 0.6) is 0 Å². The molecule has 0 bridgehead atoms. The number of nitrogens with one attached hydrogen (secondary N) is 1. The molecule has 0 aliphatic rings. The Balaban J connectivity index is 2.46. The standard InChI is InChI=1S/C16H30N4S/c1-6-17-16(18-10-12-19(4)14(2)3)20(5)11-9-15-8-7-13-21-15/h7-8,13-14H,6,9-12H2,1-5H3,(H,17,18). The van der Waals surface area contributed by atoms with Gasteiger partial charge in [0.15, 0.2) is 5.96 Å². The predicted octanol–water partition coefficient (Wildman–Crippen LogP) is 2.53. The molecule has 0 atom stereocenters. The Hall–Kier alpha value is -1.07. The van der Waals surface area contributed by atoms with Gasteiger partial charge >= 0.3 is 0 Å². The lowest BCUT2D eigenvalue weighted by atomic mass is 10.3. The van der Waals surface area contributed by atoms with Crippen LogP contribution in [0.15, 0.2) is 22.5 Å². The van der Waals surface area contributed by atoms with Gasteiger partial charge in [-0.15, -0.1) is 11.3 Å². The lowest BCUT2D eigenvalue weighted by molar-refractivity contribution is 0.281. The highest BCUT2D eigenvalue weighted by Crippen LogP contribution is 2.09. The molecule has 120 valence electrons. The van der Waals surface area contributed by atoms with Gasteiger partial charge in [0.05, 0.1) is 6.54 Å². The van der Waals surface area contributed by atoms with Gasteiger partial charge < -0.3 is 15.1 Å². The smallest absolute Gasteiger partial charge is 0.193 e. The third-order valence-electron chi connectivity index (χ3n) is 3.57. The summed E-state index contributed by atoms with van der Waals surface area (Å²) in [6.45, 7) is 10.3. The molecule has 5 heteroatoms. The van der Waals surface area contributed by atoms with Gasteiger partial charge in [-0.25, -0.2) is 0 Å². The number of hydrogen-bond donors (Lipinski definition) is 1. The maximum Gasteiger partial charge on any atom is 0.193 e. The summed E-state index contributed by atoms with van der Waals surface area (Å²) in [4.78, 5) is 10.7. The van der Waals surface area contributed by atoms with Gasteiger partial charge in [-0.3, -0.25) is 4.99 Å². The van der Waals surface area contributed by atoms with Crippen molar-refractivity contribution in [3.05, 3.63) is 22.4 Å². The van der Waals surface area contributed by atoms with E-state index in [0.29, 0.717) is 6.04 Å². The first kappa shape index (κ1) is 18.0. The molecule has 1 rings (SSSR count). The summed E-state index contributed by atoms with van der Waals surface area (Å²) in [6.07, 6.45) is 1.07. The van der Waals surface area contributed by atoms with Crippen molar-refractivity contribution in [2.45, 2.75) is 33.2 Å². The average molecular weight is 311 g/mol. The van der Waals surface area contributed by atoms with Gasteiger partial charge in [-0.1, -0.05) is 6.07 Å². The number of nitrogens with zero attached hydrogens (tertiary/aromatic N) is 3. The summed E-state index contributed by atoms with van der Waals surface area (Å²) in [5.74, 6) is 1.01. The molecule has 1 aromatic rings. The molecule has 1 N–H and O–H groups in total. The molecule has 0 spiro atoms. The molecule has 1 aromatic heterocycles. The van der Waals surface area contributed by atoms with Crippen molar-refractivity contribution >= 4 is 17.3 Å². The zero-order chi connectivity index (χ0) is 15.7. The lowest BCUT2D eigenvalue weighted by Crippen LogP contribution is -2.40. The Morgan fingerprint density at radius 3 is 2.67 bits per heavy atom. The van der Waals surface area contributed by atoms with Gasteiger partial charge in [-0.2, -0.15) is 0 Å². The maximum absolute atomic E-state index is 4.73. The molecule has 21 heavy (non-hydrogen) atoms. The van der Waals surface area contributed by atoms with Crippen LogP contribution < -0.4 is 5.32 Å². The van der Waals surface area contributed by atoms with E-state index in [1.165, 1.54) is 4.88 Å². The van der Waals surface area contributed by atoms with Crippen molar-refractivity contribution in [2.24, 2.45) is 4.99 Å². The first-order valence-corrected chi connectivity index (χ1v) is 8.64. The minimum absolute atomic E-state index is 0.569. The predicted molar refractivity (Wildman–Crippen MR) is 94.4 cm³/mol. The highest BCUT2D eigenvalue weighted by molar-refractivity contribution is 7.09. The summed E-state index contributed by atoms with van der Waals surface area (Å²) in [5, 5.41) is 5.51. The monoisotopic (exact) mass is 310 g/mol. The van der Waals surface area contributed by atoms with Crippen LogP contribution in [0.25, 0.3) is 0 Å². The molecule has 0 radical (unpaired) electrons. The highest BCUT2D eigenvalue weighted by atomic mass is 32.1. The fourth-order valence-electron chi connectivity index (χ4n) is 1.88. The van der Waals surface area contributed by atoms with Crippen molar-refractivity contribution in [1.82, 2.24) is 15.1 Å². The van der Waals surface area contributed by atoms with Crippen molar-refractivity contribution < 1.29 is 0 Å². The van der Waals surface area contributed by atoms with Crippen LogP contribution >= 0.6 is 11.3 Å². The topological polar surface area (TPSA) is 30.9 Å². The first-order chi connectivity index (χ1) is 10.0. The molecule has 0 aliphatic heterocycles. The summed E-state index contributed by atoms with van der Waals surface area (Å²) < 4.78 is 0. The van der Waals surface area contributed by atoms with Crippen LogP contribution in [-0.4, -0.2) is 62.1 Å². The van der Waals surface area contributed by atoms with Crippen molar-refractivity contribution in [3.8, 4) is 0 Å². The highest BCUT2D eigenvalue weighted by Gasteiger charge is 2.07. The van der Waals surface area contributed by atoms with E-state index >= 15 is 0 Å². The second-order valence-corrected chi connectivity index (χ2v) is 6.59. The van der Waals surface area contributed by atoms with Gasteiger partial charge in [0.1, 0.15) is 0 Å². The summed E-state index contributed by atoms with van der Waals surface area (Å²) >= 11 is 1.82. The van der Waals surface area contributed by atoms with Crippen LogP contribution in [0.4, 0.5) is 0 Å². The third kappa shape index (κ3) is 6.96. The molecule has 0 saturated heterocycles. The van der Waals surface area contributed by atoms with E-state index in [4.69, 9.17) is 4.99 Å². The van der Waals surface area contributed by atoms with E-state index in [1.54, 1.807) is 0 Å². The molecule has 0 aliphatic carbocycles. The fourth-order valence-corrected chi connectivity index (χ4v) is 2.58. The number of hydrogen-bond acceptors (Lipinski definition) is 3. The van der Waals surface area contributed by atoms with E-state index < -0.39 is 0 Å². The van der Waals surface area contributed by atoms with Gasteiger partial charge in [-0.05, 0) is 45.7 Å². The second kappa shape index (κ2) is 9.79. The Bertz CT molecular complexity index is 400. The molecular formula is C16H30N4S. The van der Waals surface area contributed by atoms with Crippen LogP contribution in [0.3, 0.4) is 0 Å². The van der Waals surface area contributed by atoms with E-state index in [0.717, 1.165) is 38.6 Å².